The Bertz CT molecular complexity index is 183. The molecule has 15 heavy (non-hydrogen) atoms. The Morgan fingerprint density at radius 2 is 1.93 bits per heavy atom. The van der Waals surface area contributed by atoms with Crippen molar-refractivity contribution in [3.05, 3.63) is 0 Å². The predicted molar refractivity (Wildman–Crippen MR) is 59.8 cm³/mol. The predicted octanol–water partition coefficient (Wildman–Crippen LogP) is 1.29. The molecule has 0 saturated carbocycles. The summed E-state index contributed by atoms with van der Waals surface area (Å²) in [6.07, 6.45) is 0. The van der Waals surface area contributed by atoms with Crippen LogP contribution in [0.1, 0.15) is 27.7 Å². The number of hydrogen-bond donors (Lipinski definition) is 0. The average molecular weight is 217 g/mol. The Morgan fingerprint density at radius 3 is 2.33 bits per heavy atom. The molecule has 0 aliphatic rings. The van der Waals surface area contributed by atoms with E-state index < -0.39 is 0 Å². The van der Waals surface area contributed by atoms with Gasteiger partial charge in [0.2, 0.25) is 0 Å². The lowest BCUT2D eigenvalue weighted by atomic mass is 10.2. The molecular weight excluding hydrogens is 194 g/mol. The topological polar surface area (TPSA) is 38.8 Å². The van der Waals surface area contributed by atoms with E-state index in [1.165, 1.54) is 0 Å². The zero-order valence-electron chi connectivity index (χ0n) is 10.4. The first-order chi connectivity index (χ1) is 7.02. The highest BCUT2D eigenvalue weighted by Gasteiger charge is 2.20. The smallest absolute Gasteiger partial charge is 0.320 e. The quantitative estimate of drug-likeness (QED) is 0.602. The molecule has 0 aliphatic heterocycles. The van der Waals surface area contributed by atoms with Crippen LogP contribution in [0.5, 0.6) is 0 Å². The summed E-state index contributed by atoms with van der Waals surface area (Å²) in [5.41, 5.74) is 0. The monoisotopic (exact) mass is 217 g/mol. The summed E-state index contributed by atoms with van der Waals surface area (Å²) in [6, 6.07) is 0.527. The van der Waals surface area contributed by atoms with E-state index in [0.717, 1.165) is 0 Å². The third-order valence-corrected chi connectivity index (χ3v) is 2.25. The van der Waals surface area contributed by atoms with E-state index in [-0.39, 0.29) is 12.0 Å². The van der Waals surface area contributed by atoms with E-state index in [1.807, 2.05) is 13.8 Å². The standard InChI is InChI=1S/C11H23NO3/c1-6-15-11(13)7-12(9(2)3)10(4)8-14-5/h9-10H,6-8H2,1-5H3. The molecule has 0 radical (unpaired) electrons. The van der Waals surface area contributed by atoms with Crippen molar-refractivity contribution in [2.45, 2.75) is 39.8 Å². The maximum Gasteiger partial charge on any atom is 0.320 e. The number of carbonyl (C=O) groups excluding carboxylic acids is 1. The second kappa shape index (κ2) is 7.65. The SMILES string of the molecule is CCOC(=O)CN(C(C)C)C(C)COC. The highest BCUT2D eigenvalue weighted by atomic mass is 16.5. The Morgan fingerprint density at radius 1 is 1.33 bits per heavy atom. The minimum absolute atomic E-state index is 0.172. The lowest BCUT2D eigenvalue weighted by molar-refractivity contribution is -0.145. The first-order valence-corrected chi connectivity index (χ1v) is 5.43. The Hall–Kier alpha value is -0.610. The van der Waals surface area contributed by atoms with Crippen LogP contribution in [0.2, 0.25) is 0 Å². The van der Waals surface area contributed by atoms with Crippen molar-refractivity contribution in [3.8, 4) is 0 Å². The summed E-state index contributed by atoms with van der Waals surface area (Å²) < 4.78 is 10.0. The maximum atomic E-state index is 11.4. The van der Waals surface area contributed by atoms with Crippen LogP contribution in [0, 0.1) is 0 Å². The summed E-state index contributed by atoms with van der Waals surface area (Å²) in [7, 11) is 1.67. The van der Waals surface area contributed by atoms with E-state index in [4.69, 9.17) is 9.47 Å². The number of esters is 1. The summed E-state index contributed by atoms with van der Waals surface area (Å²) in [6.45, 7) is 9.37. The second-order valence-corrected chi connectivity index (χ2v) is 3.88. The molecule has 4 nitrogen and oxygen atoms in total. The van der Waals surface area contributed by atoms with Gasteiger partial charge in [0.15, 0.2) is 0 Å². The van der Waals surface area contributed by atoms with Gasteiger partial charge in [0.25, 0.3) is 0 Å². The molecule has 0 saturated heterocycles. The maximum absolute atomic E-state index is 11.4. The molecule has 90 valence electrons. The number of ether oxygens (including phenoxy) is 2. The van der Waals surface area contributed by atoms with Crippen molar-refractivity contribution in [1.82, 2.24) is 4.90 Å². The van der Waals surface area contributed by atoms with Crippen molar-refractivity contribution in [2.24, 2.45) is 0 Å². The summed E-state index contributed by atoms with van der Waals surface area (Å²) >= 11 is 0. The summed E-state index contributed by atoms with van der Waals surface area (Å²) in [4.78, 5) is 13.4. The lowest BCUT2D eigenvalue weighted by Crippen LogP contribution is -2.44. The zero-order valence-corrected chi connectivity index (χ0v) is 10.4. The van der Waals surface area contributed by atoms with Gasteiger partial charge < -0.3 is 9.47 Å². The molecule has 0 amide bonds. The highest BCUT2D eigenvalue weighted by molar-refractivity contribution is 5.71. The van der Waals surface area contributed by atoms with Crippen molar-refractivity contribution < 1.29 is 14.3 Å². The van der Waals surface area contributed by atoms with Crippen LogP contribution in [-0.4, -0.2) is 49.8 Å². The third-order valence-electron chi connectivity index (χ3n) is 2.25. The molecule has 0 aliphatic carbocycles. The van der Waals surface area contributed by atoms with Crippen LogP contribution >= 0.6 is 0 Å². The van der Waals surface area contributed by atoms with Gasteiger partial charge in [0, 0.05) is 19.2 Å². The van der Waals surface area contributed by atoms with Gasteiger partial charge in [-0.25, -0.2) is 0 Å². The van der Waals surface area contributed by atoms with Gasteiger partial charge in [-0.05, 0) is 27.7 Å². The molecule has 0 bridgehead atoms. The van der Waals surface area contributed by atoms with Gasteiger partial charge in [-0.1, -0.05) is 0 Å². The molecule has 0 N–H and O–H groups in total. The van der Waals surface area contributed by atoms with Crippen molar-refractivity contribution in [2.75, 3.05) is 26.9 Å². The van der Waals surface area contributed by atoms with Crippen molar-refractivity contribution in [1.29, 1.82) is 0 Å². The normalized spacial score (nSPS) is 13.3. The Labute approximate surface area is 92.5 Å². The van der Waals surface area contributed by atoms with Gasteiger partial charge in [-0.3, -0.25) is 9.69 Å². The molecule has 0 fully saturated rings. The molecular formula is C11H23NO3. The van der Waals surface area contributed by atoms with Gasteiger partial charge in [0.1, 0.15) is 0 Å². The van der Waals surface area contributed by atoms with Crippen LogP contribution < -0.4 is 0 Å². The zero-order chi connectivity index (χ0) is 11.8. The van der Waals surface area contributed by atoms with Gasteiger partial charge in [-0.15, -0.1) is 0 Å². The van der Waals surface area contributed by atoms with Crippen LogP contribution in [0.4, 0.5) is 0 Å². The van der Waals surface area contributed by atoms with Gasteiger partial charge >= 0.3 is 5.97 Å². The fourth-order valence-corrected chi connectivity index (χ4v) is 1.54. The largest absolute Gasteiger partial charge is 0.465 e. The van der Waals surface area contributed by atoms with Crippen molar-refractivity contribution >= 4 is 5.97 Å². The van der Waals surface area contributed by atoms with E-state index in [9.17, 15) is 4.79 Å². The molecule has 1 atom stereocenters. The average Bonchev–Trinajstić information content (AvgIpc) is 2.14. The van der Waals surface area contributed by atoms with Crippen LogP contribution in [0.15, 0.2) is 0 Å². The van der Waals surface area contributed by atoms with Gasteiger partial charge in [0.05, 0.1) is 19.8 Å². The third kappa shape index (κ3) is 5.74. The number of methoxy groups -OCH3 is 1. The highest BCUT2D eigenvalue weighted by Crippen LogP contribution is 2.05. The molecule has 0 aromatic heterocycles. The second-order valence-electron chi connectivity index (χ2n) is 3.88. The van der Waals surface area contributed by atoms with E-state index >= 15 is 0 Å². The number of rotatable bonds is 7. The van der Waals surface area contributed by atoms with E-state index in [0.29, 0.717) is 25.8 Å². The fourth-order valence-electron chi connectivity index (χ4n) is 1.54. The molecule has 0 aromatic carbocycles. The van der Waals surface area contributed by atoms with Crippen molar-refractivity contribution in [3.63, 3.8) is 0 Å². The first kappa shape index (κ1) is 14.4. The van der Waals surface area contributed by atoms with Crippen LogP contribution in [-0.2, 0) is 14.3 Å². The molecule has 0 rings (SSSR count). The molecule has 4 heteroatoms. The van der Waals surface area contributed by atoms with Crippen LogP contribution in [0.25, 0.3) is 0 Å². The summed E-state index contributed by atoms with van der Waals surface area (Å²) in [5.74, 6) is -0.172. The minimum Gasteiger partial charge on any atom is -0.465 e. The minimum atomic E-state index is -0.172. The Balaban J connectivity index is 4.20. The molecule has 0 heterocycles. The number of nitrogens with zero attached hydrogens (tertiary/aromatic N) is 1. The molecule has 0 spiro atoms. The molecule has 0 aromatic rings. The first-order valence-electron chi connectivity index (χ1n) is 5.43. The van der Waals surface area contributed by atoms with Crippen LogP contribution in [0.3, 0.4) is 0 Å². The van der Waals surface area contributed by atoms with Gasteiger partial charge in [-0.2, -0.15) is 0 Å². The summed E-state index contributed by atoms with van der Waals surface area (Å²) in [5, 5.41) is 0. The lowest BCUT2D eigenvalue weighted by Gasteiger charge is -2.31. The molecule has 1 unspecified atom stereocenters. The Kier molecular flexibility index (Phi) is 7.34. The van der Waals surface area contributed by atoms with E-state index in [1.54, 1.807) is 7.11 Å². The number of hydrogen-bond acceptors (Lipinski definition) is 4. The fraction of sp³-hybridized carbons (Fsp3) is 0.909. The van der Waals surface area contributed by atoms with E-state index in [2.05, 4.69) is 18.7 Å². The number of carbonyl (C=O) groups is 1.